The van der Waals surface area contributed by atoms with Crippen molar-refractivity contribution in [2.45, 2.75) is 39.7 Å². The Bertz CT molecular complexity index is 422. The van der Waals surface area contributed by atoms with Gasteiger partial charge in [-0.25, -0.2) is 4.98 Å². The van der Waals surface area contributed by atoms with Gasteiger partial charge in [0.2, 0.25) is 0 Å². The molecule has 0 aromatic carbocycles. The van der Waals surface area contributed by atoms with Gasteiger partial charge in [-0.05, 0) is 57.3 Å². The minimum atomic E-state index is 0.469. The van der Waals surface area contributed by atoms with Crippen LogP contribution in [0, 0.1) is 12.8 Å². The SMILES string of the molecule is CCN1CCCC(C(C)Nc2cnc(Cl)c(C)c2)C1. The molecule has 19 heavy (non-hydrogen) atoms. The normalized spacial score (nSPS) is 22.2. The number of aromatic nitrogens is 1. The predicted molar refractivity (Wildman–Crippen MR) is 81.9 cm³/mol. The van der Waals surface area contributed by atoms with Crippen LogP contribution in [0.25, 0.3) is 0 Å². The summed E-state index contributed by atoms with van der Waals surface area (Å²) >= 11 is 5.96. The Labute approximate surface area is 121 Å². The molecule has 2 rings (SSSR count). The number of rotatable bonds is 4. The highest BCUT2D eigenvalue weighted by Gasteiger charge is 2.23. The molecule has 1 N–H and O–H groups in total. The molecule has 1 aliphatic rings. The van der Waals surface area contributed by atoms with Crippen molar-refractivity contribution in [1.82, 2.24) is 9.88 Å². The Kier molecular flexibility index (Phi) is 5.06. The second-order valence-corrected chi connectivity index (χ2v) is 5.92. The second-order valence-electron chi connectivity index (χ2n) is 5.56. The number of anilines is 1. The van der Waals surface area contributed by atoms with Crippen LogP contribution in [0.3, 0.4) is 0 Å². The molecule has 1 aliphatic heterocycles. The average molecular weight is 282 g/mol. The fourth-order valence-corrected chi connectivity index (χ4v) is 2.91. The van der Waals surface area contributed by atoms with E-state index < -0.39 is 0 Å². The molecule has 0 spiro atoms. The van der Waals surface area contributed by atoms with Gasteiger partial charge >= 0.3 is 0 Å². The molecule has 3 nitrogen and oxygen atoms in total. The lowest BCUT2D eigenvalue weighted by Crippen LogP contribution is -2.41. The van der Waals surface area contributed by atoms with Crippen LogP contribution in [0.5, 0.6) is 0 Å². The van der Waals surface area contributed by atoms with Crippen LogP contribution in [0.2, 0.25) is 5.15 Å². The first-order valence-electron chi connectivity index (χ1n) is 7.21. The first-order chi connectivity index (χ1) is 9.10. The number of nitrogens with one attached hydrogen (secondary N) is 1. The molecule has 0 radical (unpaired) electrons. The summed E-state index contributed by atoms with van der Waals surface area (Å²) < 4.78 is 0. The molecule has 2 heterocycles. The molecule has 1 saturated heterocycles. The maximum Gasteiger partial charge on any atom is 0.132 e. The van der Waals surface area contributed by atoms with E-state index in [1.807, 2.05) is 13.1 Å². The van der Waals surface area contributed by atoms with E-state index in [2.05, 4.69) is 35.1 Å². The zero-order chi connectivity index (χ0) is 13.8. The van der Waals surface area contributed by atoms with Crippen LogP contribution < -0.4 is 5.32 Å². The number of hydrogen-bond acceptors (Lipinski definition) is 3. The molecule has 0 saturated carbocycles. The highest BCUT2D eigenvalue weighted by Crippen LogP contribution is 2.23. The maximum atomic E-state index is 5.96. The van der Waals surface area contributed by atoms with E-state index in [0.717, 1.165) is 17.8 Å². The van der Waals surface area contributed by atoms with Gasteiger partial charge in [0.25, 0.3) is 0 Å². The van der Waals surface area contributed by atoms with E-state index in [1.165, 1.54) is 25.9 Å². The molecule has 106 valence electrons. The van der Waals surface area contributed by atoms with E-state index in [1.54, 1.807) is 0 Å². The molecular formula is C15H24ClN3. The molecular weight excluding hydrogens is 258 g/mol. The smallest absolute Gasteiger partial charge is 0.132 e. The molecule has 4 heteroatoms. The van der Waals surface area contributed by atoms with Crippen molar-refractivity contribution < 1.29 is 0 Å². The number of hydrogen-bond donors (Lipinski definition) is 1. The predicted octanol–water partition coefficient (Wildman–Crippen LogP) is 3.58. The number of likely N-dealkylation sites (tertiary alicyclic amines) is 1. The summed E-state index contributed by atoms with van der Waals surface area (Å²) in [5.74, 6) is 0.713. The van der Waals surface area contributed by atoms with Crippen LogP contribution in [0.1, 0.15) is 32.3 Å². The second kappa shape index (κ2) is 6.58. The fraction of sp³-hybridized carbons (Fsp3) is 0.667. The van der Waals surface area contributed by atoms with Gasteiger partial charge in [0.05, 0.1) is 11.9 Å². The number of pyridine rings is 1. The van der Waals surface area contributed by atoms with Crippen molar-refractivity contribution in [2.24, 2.45) is 5.92 Å². The minimum Gasteiger partial charge on any atom is -0.381 e. The van der Waals surface area contributed by atoms with Gasteiger partial charge in [0.15, 0.2) is 0 Å². The third-order valence-electron chi connectivity index (χ3n) is 4.11. The minimum absolute atomic E-state index is 0.469. The van der Waals surface area contributed by atoms with Gasteiger partial charge < -0.3 is 10.2 Å². The number of piperidine rings is 1. The van der Waals surface area contributed by atoms with E-state index in [4.69, 9.17) is 11.6 Å². The largest absolute Gasteiger partial charge is 0.381 e. The molecule has 1 aromatic rings. The van der Waals surface area contributed by atoms with Gasteiger partial charge in [-0.1, -0.05) is 18.5 Å². The van der Waals surface area contributed by atoms with Crippen molar-refractivity contribution in [3.63, 3.8) is 0 Å². The van der Waals surface area contributed by atoms with Crippen LogP contribution in [-0.4, -0.2) is 35.6 Å². The molecule has 1 fully saturated rings. The quantitative estimate of drug-likeness (QED) is 0.855. The molecule has 1 aromatic heterocycles. The number of aryl methyl sites for hydroxylation is 1. The third-order valence-corrected chi connectivity index (χ3v) is 4.50. The van der Waals surface area contributed by atoms with Gasteiger partial charge in [0.1, 0.15) is 5.15 Å². The summed E-state index contributed by atoms with van der Waals surface area (Å²) in [5, 5.41) is 4.17. The summed E-state index contributed by atoms with van der Waals surface area (Å²) in [5.41, 5.74) is 2.10. The highest BCUT2D eigenvalue weighted by atomic mass is 35.5. The first kappa shape index (κ1) is 14.6. The third kappa shape index (κ3) is 3.83. The van der Waals surface area contributed by atoms with E-state index in [0.29, 0.717) is 17.1 Å². The topological polar surface area (TPSA) is 28.2 Å². The van der Waals surface area contributed by atoms with Crippen molar-refractivity contribution in [2.75, 3.05) is 25.0 Å². The summed E-state index contributed by atoms with van der Waals surface area (Å²) in [6.45, 7) is 10.1. The van der Waals surface area contributed by atoms with Crippen LogP contribution >= 0.6 is 11.6 Å². The molecule has 0 aliphatic carbocycles. The van der Waals surface area contributed by atoms with Crippen molar-refractivity contribution in [3.05, 3.63) is 23.0 Å². The zero-order valence-corrected chi connectivity index (χ0v) is 12.9. The molecule has 0 bridgehead atoms. The lowest BCUT2D eigenvalue weighted by atomic mass is 9.91. The van der Waals surface area contributed by atoms with Gasteiger partial charge in [-0.2, -0.15) is 0 Å². The average Bonchev–Trinajstić information content (AvgIpc) is 2.43. The highest BCUT2D eigenvalue weighted by molar-refractivity contribution is 6.30. The van der Waals surface area contributed by atoms with Crippen molar-refractivity contribution in [1.29, 1.82) is 0 Å². The van der Waals surface area contributed by atoms with Crippen molar-refractivity contribution >= 4 is 17.3 Å². The van der Waals surface area contributed by atoms with E-state index in [-0.39, 0.29) is 0 Å². The molecule has 0 amide bonds. The summed E-state index contributed by atoms with van der Waals surface area (Å²) in [7, 11) is 0. The van der Waals surface area contributed by atoms with Crippen LogP contribution in [0.15, 0.2) is 12.3 Å². The number of nitrogens with zero attached hydrogens (tertiary/aromatic N) is 2. The summed E-state index contributed by atoms with van der Waals surface area (Å²) in [6.07, 6.45) is 4.44. The van der Waals surface area contributed by atoms with Crippen LogP contribution in [-0.2, 0) is 0 Å². The van der Waals surface area contributed by atoms with Gasteiger partial charge in [-0.3, -0.25) is 0 Å². The zero-order valence-electron chi connectivity index (χ0n) is 12.1. The Morgan fingerprint density at radius 3 is 3.05 bits per heavy atom. The summed E-state index contributed by atoms with van der Waals surface area (Å²) in [4.78, 5) is 6.74. The Hall–Kier alpha value is -0.800. The van der Waals surface area contributed by atoms with Gasteiger partial charge in [0, 0.05) is 12.6 Å². The van der Waals surface area contributed by atoms with Crippen LogP contribution in [0.4, 0.5) is 5.69 Å². The number of halogens is 1. The standard InChI is InChI=1S/C15H24ClN3/c1-4-19-7-5-6-13(10-19)12(3)18-14-8-11(2)15(16)17-9-14/h8-9,12-13,18H,4-7,10H2,1-3H3. The monoisotopic (exact) mass is 281 g/mol. The Morgan fingerprint density at radius 1 is 1.58 bits per heavy atom. The fourth-order valence-electron chi connectivity index (χ4n) is 2.80. The Morgan fingerprint density at radius 2 is 2.37 bits per heavy atom. The van der Waals surface area contributed by atoms with E-state index in [9.17, 15) is 0 Å². The molecule has 2 unspecified atom stereocenters. The lowest BCUT2D eigenvalue weighted by Gasteiger charge is -2.35. The maximum absolute atomic E-state index is 5.96. The lowest BCUT2D eigenvalue weighted by molar-refractivity contribution is 0.172. The first-order valence-corrected chi connectivity index (χ1v) is 7.59. The van der Waals surface area contributed by atoms with E-state index >= 15 is 0 Å². The summed E-state index contributed by atoms with van der Waals surface area (Å²) in [6, 6.07) is 2.54. The molecule has 2 atom stereocenters. The van der Waals surface area contributed by atoms with Gasteiger partial charge in [-0.15, -0.1) is 0 Å². The van der Waals surface area contributed by atoms with Crippen molar-refractivity contribution in [3.8, 4) is 0 Å². The Balaban J connectivity index is 1.96.